The van der Waals surface area contributed by atoms with Crippen LogP contribution in [0.1, 0.15) is 49.0 Å². The molecule has 3 N–H and O–H groups in total. The summed E-state index contributed by atoms with van der Waals surface area (Å²) in [5.41, 5.74) is 2.02. The quantitative estimate of drug-likeness (QED) is 0.591. The zero-order valence-corrected chi connectivity index (χ0v) is 14.7. The summed E-state index contributed by atoms with van der Waals surface area (Å²) in [6, 6.07) is 3.33. The second kappa shape index (κ2) is 7.65. The Bertz CT molecular complexity index is 669. The van der Waals surface area contributed by atoms with Crippen LogP contribution in [0.25, 0.3) is 0 Å². The number of primary amides is 1. The zero-order chi connectivity index (χ0) is 21.2. The third kappa shape index (κ3) is 4.28. The van der Waals surface area contributed by atoms with E-state index in [1.165, 1.54) is 29.7 Å². The maximum atomic E-state index is 13.4. The molecule has 3 amide bonds. The van der Waals surface area contributed by atoms with E-state index in [1.807, 2.05) is 13.8 Å². The van der Waals surface area contributed by atoms with Gasteiger partial charge in [0, 0.05) is 5.56 Å². The predicted octanol–water partition coefficient (Wildman–Crippen LogP) is 4.11. The Morgan fingerprint density at radius 2 is 1.48 bits per heavy atom. The number of nitrogens with two attached hydrogens (primary N) is 1. The van der Waals surface area contributed by atoms with E-state index in [2.05, 4.69) is 0 Å². The van der Waals surface area contributed by atoms with E-state index in [0.29, 0.717) is 6.92 Å². The number of carbonyl (C=O) groups is 2. The van der Waals surface area contributed by atoms with Gasteiger partial charge in [-0.05, 0) is 30.0 Å². The van der Waals surface area contributed by atoms with Crippen LogP contribution in [0.3, 0.4) is 0 Å². The molecule has 0 bridgehead atoms. The molecule has 152 valence electrons. The number of urea groups is 1. The Balaban J connectivity index is 3.34. The molecule has 1 aromatic rings. The third-order valence-corrected chi connectivity index (χ3v) is 4.10. The van der Waals surface area contributed by atoms with Crippen molar-refractivity contribution in [3.63, 3.8) is 0 Å². The number of amides is 3. The fraction of sp³-hybridized carbons (Fsp3) is 0.500. The first-order valence-corrected chi connectivity index (χ1v) is 7.83. The first-order valence-electron chi connectivity index (χ1n) is 7.83. The second-order valence-electron chi connectivity index (χ2n) is 6.10. The Morgan fingerprint density at radius 1 is 1.04 bits per heavy atom. The number of hydrogen-bond acceptors (Lipinski definition) is 2. The van der Waals surface area contributed by atoms with E-state index < -0.39 is 41.3 Å². The van der Waals surface area contributed by atoms with Crippen molar-refractivity contribution in [1.82, 2.24) is 10.4 Å². The minimum absolute atomic E-state index is 0.0902. The van der Waals surface area contributed by atoms with Crippen LogP contribution in [0.2, 0.25) is 0 Å². The molecule has 1 rings (SSSR count). The predicted molar refractivity (Wildman–Crippen MR) is 84.6 cm³/mol. The average molecular weight is 399 g/mol. The molecule has 0 fully saturated rings. The summed E-state index contributed by atoms with van der Waals surface area (Å²) in [6.45, 7) is 4.29. The van der Waals surface area contributed by atoms with E-state index >= 15 is 0 Å². The van der Waals surface area contributed by atoms with E-state index in [1.54, 1.807) is 0 Å². The Morgan fingerprint density at radius 3 is 1.78 bits per heavy atom. The lowest BCUT2D eigenvalue weighted by Gasteiger charge is -2.43. The van der Waals surface area contributed by atoms with Crippen LogP contribution in [0.4, 0.5) is 31.1 Å². The summed E-state index contributed by atoms with van der Waals surface area (Å²) >= 11 is 0. The monoisotopic (exact) mass is 399 g/mol. The Hall–Kier alpha value is -2.46. The molecule has 0 saturated heterocycles. The van der Waals surface area contributed by atoms with Crippen molar-refractivity contribution < 1.29 is 35.9 Å². The normalized spacial score (nSPS) is 12.8. The van der Waals surface area contributed by atoms with Gasteiger partial charge in [-0.25, -0.2) is 9.80 Å². The number of benzene rings is 1. The fourth-order valence-electron chi connectivity index (χ4n) is 2.50. The number of halogens is 6. The van der Waals surface area contributed by atoms with Crippen LogP contribution >= 0.6 is 0 Å². The van der Waals surface area contributed by atoms with Gasteiger partial charge in [0.05, 0.1) is 0 Å². The molecular formula is C16H19F6N3O2. The van der Waals surface area contributed by atoms with Gasteiger partial charge in [0.25, 0.3) is 11.4 Å². The molecule has 0 aliphatic carbocycles. The van der Waals surface area contributed by atoms with Crippen molar-refractivity contribution in [3.05, 3.63) is 35.4 Å². The molecule has 0 radical (unpaired) electrons. The number of carbonyl (C=O) groups excluding carboxylic acids is 2. The van der Waals surface area contributed by atoms with Gasteiger partial charge in [-0.1, -0.05) is 32.9 Å². The van der Waals surface area contributed by atoms with Crippen LogP contribution < -0.4 is 11.2 Å². The van der Waals surface area contributed by atoms with Crippen LogP contribution in [-0.2, 0) is 0 Å². The highest BCUT2D eigenvalue weighted by Gasteiger charge is 2.74. The minimum Gasteiger partial charge on any atom is -0.350 e. The molecule has 1 aromatic carbocycles. The lowest BCUT2D eigenvalue weighted by Crippen LogP contribution is -2.73. The number of nitrogens with one attached hydrogen (secondary N) is 1. The molecule has 0 aromatic heterocycles. The van der Waals surface area contributed by atoms with Gasteiger partial charge < -0.3 is 5.73 Å². The molecule has 0 unspecified atom stereocenters. The first kappa shape index (κ1) is 22.6. The van der Waals surface area contributed by atoms with Gasteiger partial charge in [-0.2, -0.15) is 26.3 Å². The van der Waals surface area contributed by atoms with Crippen molar-refractivity contribution in [2.75, 3.05) is 0 Å². The highest BCUT2D eigenvalue weighted by Crippen LogP contribution is 2.48. The van der Waals surface area contributed by atoms with Crippen molar-refractivity contribution in [3.8, 4) is 0 Å². The van der Waals surface area contributed by atoms with Gasteiger partial charge in [-0.3, -0.25) is 10.2 Å². The molecular weight excluding hydrogens is 380 g/mol. The highest BCUT2D eigenvalue weighted by atomic mass is 19.4. The summed E-state index contributed by atoms with van der Waals surface area (Å²) in [4.78, 5) is 23.6. The molecule has 0 spiro atoms. The Kier molecular flexibility index (Phi) is 6.40. The number of hydrazine groups is 1. The van der Waals surface area contributed by atoms with E-state index in [9.17, 15) is 35.9 Å². The van der Waals surface area contributed by atoms with Gasteiger partial charge in [0.1, 0.15) is 0 Å². The molecule has 0 atom stereocenters. The minimum atomic E-state index is -5.94. The van der Waals surface area contributed by atoms with Crippen LogP contribution in [0.5, 0.6) is 0 Å². The third-order valence-electron chi connectivity index (χ3n) is 4.10. The fourth-order valence-corrected chi connectivity index (χ4v) is 2.50. The number of nitrogens with zero attached hydrogens (tertiary/aromatic N) is 1. The topological polar surface area (TPSA) is 75.4 Å². The summed E-state index contributed by atoms with van der Waals surface area (Å²) in [7, 11) is 0. The maximum absolute atomic E-state index is 13.4. The lowest BCUT2D eigenvalue weighted by atomic mass is 9.93. The largest absolute Gasteiger partial charge is 0.422 e. The molecule has 11 heteroatoms. The zero-order valence-electron chi connectivity index (χ0n) is 14.7. The summed E-state index contributed by atoms with van der Waals surface area (Å²) in [6.07, 6.45) is -13.5. The molecule has 0 aliphatic heterocycles. The molecule has 0 saturated carbocycles. The Labute approximate surface area is 151 Å². The first-order chi connectivity index (χ1) is 12.2. The average Bonchev–Trinajstić information content (AvgIpc) is 2.52. The van der Waals surface area contributed by atoms with Gasteiger partial charge in [0.2, 0.25) is 0 Å². The van der Waals surface area contributed by atoms with Crippen molar-refractivity contribution >= 4 is 11.9 Å². The maximum Gasteiger partial charge on any atom is 0.422 e. The van der Waals surface area contributed by atoms with E-state index in [-0.39, 0.29) is 11.5 Å². The molecule has 5 nitrogen and oxygen atoms in total. The van der Waals surface area contributed by atoms with Gasteiger partial charge >= 0.3 is 18.4 Å². The molecule has 27 heavy (non-hydrogen) atoms. The number of alkyl halides is 6. The summed E-state index contributed by atoms with van der Waals surface area (Å²) in [5.74, 6) is -1.25. The van der Waals surface area contributed by atoms with Crippen LogP contribution in [0, 0.1) is 0 Å². The van der Waals surface area contributed by atoms with E-state index in [4.69, 9.17) is 5.73 Å². The van der Waals surface area contributed by atoms with Crippen LogP contribution in [0.15, 0.2) is 24.3 Å². The van der Waals surface area contributed by atoms with Crippen molar-refractivity contribution in [1.29, 1.82) is 0 Å². The highest BCUT2D eigenvalue weighted by molar-refractivity contribution is 5.95. The summed E-state index contributed by atoms with van der Waals surface area (Å²) in [5, 5.41) is -0.897. The molecule has 0 aliphatic rings. The lowest BCUT2D eigenvalue weighted by molar-refractivity contribution is -0.337. The molecule has 0 heterocycles. The second-order valence-corrected chi connectivity index (χ2v) is 6.10. The van der Waals surface area contributed by atoms with Crippen molar-refractivity contribution in [2.24, 2.45) is 5.73 Å². The number of rotatable bonds is 4. The van der Waals surface area contributed by atoms with Crippen LogP contribution in [-0.4, -0.2) is 34.8 Å². The standard InChI is InChI=1S/C16H19F6N3O2/c1-4-14(15(17,18)19,16(20,21)22)25(13(23)27)24-12(26)11-7-5-10(6-8-11)9(2)3/h5-9H,4H2,1-3H3,(H2,23,27)(H,24,26). The number of hydrogen-bond donors (Lipinski definition) is 2. The summed E-state index contributed by atoms with van der Waals surface area (Å²) < 4.78 is 80.1. The van der Waals surface area contributed by atoms with Gasteiger partial charge in [-0.15, -0.1) is 0 Å². The van der Waals surface area contributed by atoms with Crippen molar-refractivity contribution in [2.45, 2.75) is 51.0 Å². The van der Waals surface area contributed by atoms with E-state index in [0.717, 1.165) is 5.56 Å². The smallest absolute Gasteiger partial charge is 0.350 e. The van der Waals surface area contributed by atoms with Gasteiger partial charge in [0.15, 0.2) is 0 Å². The SMILES string of the molecule is CCC(N(NC(=O)c1ccc(C(C)C)cc1)C(N)=O)(C(F)(F)F)C(F)(F)F.